The summed E-state index contributed by atoms with van der Waals surface area (Å²) in [5, 5.41) is 19.1. The summed E-state index contributed by atoms with van der Waals surface area (Å²) in [4.78, 5) is 0. The zero-order valence-corrected chi connectivity index (χ0v) is 10.4. The van der Waals surface area contributed by atoms with Crippen LogP contribution in [0.1, 0.15) is 11.1 Å². The summed E-state index contributed by atoms with van der Waals surface area (Å²) < 4.78 is 0. The Labute approximate surface area is 111 Å². The van der Waals surface area contributed by atoms with E-state index in [1.807, 2.05) is 24.3 Å². The van der Waals surface area contributed by atoms with Gasteiger partial charge in [0.15, 0.2) is 0 Å². The van der Waals surface area contributed by atoms with E-state index in [0.29, 0.717) is 13.1 Å². The Morgan fingerprint density at radius 1 is 0.684 bits per heavy atom. The zero-order valence-electron chi connectivity index (χ0n) is 10.4. The first-order valence-electron chi connectivity index (χ1n) is 6.02. The number of phenols is 2. The third-order valence-electron chi connectivity index (χ3n) is 2.72. The smallest absolute Gasteiger partial charge is 0.120 e. The number of para-hydroxylation sites is 2. The molecule has 5 N–H and O–H groups in total. The van der Waals surface area contributed by atoms with Crippen LogP contribution in [0.3, 0.4) is 0 Å². The number of hydrogen-bond acceptors (Lipinski definition) is 5. The Morgan fingerprint density at radius 3 is 1.53 bits per heavy atom. The predicted octanol–water partition coefficient (Wildman–Crippen LogP) is 1.40. The molecule has 0 fully saturated rings. The van der Waals surface area contributed by atoms with Crippen LogP contribution in [-0.2, 0) is 13.1 Å². The molecule has 0 aliphatic rings. The van der Waals surface area contributed by atoms with Crippen molar-refractivity contribution in [3.8, 4) is 11.5 Å². The van der Waals surface area contributed by atoms with Crippen molar-refractivity contribution in [3.63, 3.8) is 0 Å². The lowest BCUT2D eigenvalue weighted by Gasteiger charge is -2.10. The molecule has 2 aromatic carbocycles. The number of nitrogens with one attached hydrogen (secondary N) is 3. The molecule has 2 aromatic rings. The zero-order chi connectivity index (χ0) is 13.5. The second-order valence-corrected chi connectivity index (χ2v) is 4.09. The molecule has 0 aliphatic heterocycles. The van der Waals surface area contributed by atoms with Gasteiger partial charge in [-0.05, 0) is 12.1 Å². The van der Waals surface area contributed by atoms with Crippen LogP contribution < -0.4 is 16.4 Å². The third kappa shape index (κ3) is 3.96. The molecule has 5 nitrogen and oxygen atoms in total. The number of hydrazine groups is 2. The largest absolute Gasteiger partial charge is 0.508 e. The van der Waals surface area contributed by atoms with Gasteiger partial charge in [0.25, 0.3) is 0 Å². The van der Waals surface area contributed by atoms with Crippen LogP contribution in [0.25, 0.3) is 0 Å². The fourth-order valence-corrected chi connectivity index (χ4v) is 1.66. The summed E-state index contributed by atoms with van der Waals surface area (Å²) in [6.07, 6.45) is 0. The van der Waals surface area contributed by atoms with E-state index in [1.54, 1.807) is 24.3 Å². The number of phenolic OH excluding ortho intramolecular Hbond substituents is 2. The minimum atomic E-state index is 0.262. The highest BCUT2D eigenvalue weighted by molar-refractivity contribution is 5.32. The second-order valence-electron chi connectivity index (χ2n) is 4.09. The van der Waals surface area contributed by atoms with Crippen LogP contribution in [0, 0.1) is 0 Å². The quantitative estimate of drug-likeness (QED) is 0.400. The van der Waals surface area contributed by atoms with Gasteiger partial charge in [-0.2, -0.15) is 5.53 Å². The Hall–Kier alpha value is -2.08. The van der Waals surface area contributed by atoms with Gasteiger partial charge in [0.2, 0.25) is 0 Å². The molecule has 0 saturated carbocycles. The molecule has 2 rings (SSSR count). The van der Waals surface area contributed by atoms with Gasteiger partial charge in [0.1, 0.15) is 11.5 Å². The molecule has 0 unspecified atom stereocenters. The molecule has 0 amide bonds. The first-order valence-corrected chi connectivity index (χ1v) is 6.02. The first-order chi connectivity index (χ1) is 9.27. The summed E-state index contributed by atoms with van der Waals surface area (Å²) in [5.41, 5.74) is 10.3. The molecule has 0 heterocycles. The van der Waals surface area contributed by atoms with Crippen LogP contribution in [0.4, 0.5) is 0 Å². The molecule has 0 aliphatic carbocycles. The molecule has 0 aromatic heterocycles. The van der Waals surface area contributed by atoms with Crippen LogP contribution >= 0.6 is 0 Å². The molecule has 0 saturated heterocycles. The second kappa shape index (κ2) is 6.75. The number of benzene rings is 2. The van der Waals surface area contributed by atoms with Crippen LogP contribution in [-0.4, -0.2) is 10.2 Å². The van der Waals surface area contributed by atoms with Crippen LogP contribution in [0.5, 0.6) is 11.5 Å². The molecular weight excluding hydrogens is 242 g/mol. The number of aromatic hydroxyl groups is 2. The average molecular weight is 259 g/mol. The Kier molecular flexibility index (Phi) is 4.74. The standard InChI is InChI=1S/C14H17N3O2/c18-13-7-3-1-5-11(13)9-15-17-16-10-12-6-2-4-8-14(12)19/h1-8,15-19H,9-10H2. The fourth-order valence-electron chi connectivity index (χ4n) is 1.66. The molecule has 100 valence electrons. The summed E-state index contributed by atoms with van der Waals surface area (Å²) in [7, 11) is 0. The van der Waals surface area contributed by atoms with Crippen molar-refractivity contribution in [1.29, 1.82) is 0 Å². The minimum absolute atomic E-state index is 0.262. The Morgan fingerprint density at radius 2 is 1.11 bits per heavy atom. The van der Waals surface area contributed by atoms with E-state index < -0.39 is 0 Å². The number of rotatable bonds is 6. The lowest BCUT2D eigenvalue weighted by atomic mass is 10.2. The monoisotopic (exact) mass is 259 g/mol. The van der Waals surface area contributed by atoms with E-state index in [-0.39, 0.29) is 11.5 Å². The molecule has 0 bridgehead atoms. The predicted molar refractivity (Wildman–Crippen MR) is 73.0 cm³/mol. The van der Waals surface area contributed by atoms with Crippen LogP contribution in [0.15, 0.2) is 48.5 Å². The average Bonchev–Trinajstić information content (AvgIpc) is 2.42. The molecule has 0 radical (unpaired) electrons. The topological polar surface area (TPSA) is 76.5 Å². The van der Waals surface area contributed by atoms with Crippen molar-refractivity contribution in [2.45, 2.75) is 13.1 Å². The summed E-state index contributed by atoms with van der Waals surface area (Å²) in [6, 6.07) is 14.3. The van der Waals surface area contributed by atoms with Crippen molar-refractivity contribution < 1.29 is 10.2 Å². The van der Waals surface area contributed by atoms with Gasteiger partial charge >= 0.3 is 0 Å². The van der Waals surface area contributed by atoms with Gasteiger partial charge in [-0.3, -0.25) is 0 Å². The lowest BCUT2D eigenvalue weighted by molar-refractivity contribution is 0.409. The van der Waals surface area contributed by atoms with Gasteiger partial charge in [0.05, 0.1) is 0 Å². The highest BCUT2D eigenvalue weighted by Crippen LogP contribution is 2.15. The highest BCUT2D eigenvalue weighted by atomic mass is 16.3. The van der Waals surface area contributed by atoms with Gasteiger partial charge in [-0.25, -0.2) is 10.9 Å². The maximum atomic E-state index is 9.56. The van der Waals surface area contributed by atoms with Gasteiger partial charge in [-0.15, -0.1) is 0 Å². The highest BCUT2D eigenvalue weighted by Gasteiger charge is 1.99. The molecule has 19 heavy (non-hydrogen) atoms. The maximum absolute atomic E-state index is 9.56. The van der Waals surface area contributed by atoms with Crippen molar-refractivity contribution in [2.75, 3.05) is 0 Å². The van der Waals surface area contributed by atoms with E-state index in [1.165, 1.54) is 0 Å². The van der Waals surface area contributed by atoms with E-state index in [0.717, 1.165) is 11.1 Å². The van der Waals surface area contributed by atoms with Crippen molar-refractivity contribution >= 4 is 0 Å². The molecular formula is C14H17N3O2. The maximum Gasteiger partial charge on any atom is 0.120 e. The molecule has 0 spiro atoms. The van der Waals surface area contributed by atoms with Gasteiger partial charge < -0.3 is 10.2 Å². The first kappa shape index (κ1) is 13.4. The van der Waals surface area contributed by atoms with Crippen molar-refractivity contribution in [3.05, 3.63) is 59.7 Å². The van der Waals surface area contributed by atoms with E-state index in [2.05, 4.69) is 16.4 Å². The Balaban J connectivity index is 1.71. The number of hydrogen-bond donors (Lipinski definition) is 5. The van der Waals surface area contributed by atoms with Gasteiger partial charge in [-0.1, -0.05) is 36.4 Å². The van der Waals surface area contributed by atoms with Crippen LogP contribution in [0.2, 0.25) is 0 Å². The van der Waals surface area contributed by atoms with E-state index in [4.69, 9.17) is 0 Å². The SMILES string of the molecule is Oc1ccccc1CNNNCc1ccccc1O. The minimum Gasteiger partial charge on any atom is -0.508 e. The summed E-state index contributed by atoms with van der Waals surface area (Å²) >= 11 is 0. The van der Waals surface area contributed by atoms with E-state index >= 15 is 0 Å². The summed E-state index contributed by atoms with van der Waals surface area (Å²) in [6.45, 7) is 0.973. The van der Waals surface area contributed by atoms with Crippen molar-refractivity contribution in [2.24, 2.45) is 0 Å². The molecule has 5 heteroatoms. The third-order valence-corrected chi connectivity index (χ3v) is 2.72. The normalized spacial score (nSPS) is 10.5. The Bertz CT molecular complexity index is 484. The molecule has 0 atom stereocenters. The van der Waals surface area contributed by atoms with E-state index in [9.17, 15) is 10.2 Å². The van der Waals surface area contributed by atoms with Crippen molar-refractivity contribution in [1.82, 2.24) is 16.4 Å². The fraction of sp³-hybridized carbons (Fsp3) is 0.143. The van der Waals surface area contributed by atoms with Gasteiger partial charge in [0, 0.05) is 24.2 Å². The summed E-state index contributed by atoms with van der Waals surface area (Å²) in [5.74, 6) is 0.523. The lowest BCUT2D eigenvalue weighted by Crippen LogP contribution is -2.42.